The first-order valence-electron chi connectivity index (χ1n) is 9.41. The van der Waals surface area contributed by atoms with Gasteiger partial charge in [0.15, 0.2) is 5.11 Å². The van der Waals surface area contributed by atoms with Gasteiger partial charge in [-0.3, -0.25) is 19.8 Å². The summed E-state index contributed by atoms with van der Waals surface area (Å²) in [6.45, 7) is 7.62. The summed E-state index contributed by atoms with van der Waals surface area (Å²) in [5.41, 5.74) is 2.78. The molecule has 0 aliphatic carbocycles. The molecule has 2 aromatic rings. The lowest BCUT2D eigenvalue weighted by atomic mass is 10.1. The van der Waals surface area contributed by atoms with E-state index in [1.807, 2.05) is 39.0 Å². The van der Waals surface area contributed by atoms with Crippen LogP contribution in [0.3, 0.4) is 0 Å². The number of benzene rings is 2. The van der Waals surface area contributed by atoms with Crippen molar-refractivity contribution in [3.63, 3.8) is 0 Å². The molecule has 1 heterocycles. The van der Waals surface area contributed by atoms with Crippen LogP contribution in [-0.2, 0) is 9.59 Å². The van der Waals surface area contributed by atoms with E-state index in [-0.39, 0.29) is 16.4 Å². The van der Waals surface area contributed by atoms with Gasteiger partial charge in [0, 0.05) is 30.4 Å². The molecule has 1 aliphatic rings. The first-order chi connectivity index (χ1) is 13.8. The van der Waals surface area contributed by atoms with E-state index in [0.717, 1.165) is 24.3 Å². The molecule has 0 spiro atoms. The van der Waals surface area contributed by atoms with Gasteiger partial charge in [-0.25, -0.2) is 0 Å². The minimum Gasteiger partial charge on any atom is -0.507 e. The van der Waals surface area contributed by atoms with Crippen LogP contribution in [0.1, 0.15) is 25.0 Å². The molecule has 150 valence electrons. The van der Waals surface area contributed by atoms with Crippen LogP contribution >= 0.6 is 12.2 Å². The number of hydrogen-bond acceptors (Lipinski definition) is 5. The van der Waals surface area contributed by atoms with Crippen molar-refractivity contribution in [1.29, 1.82) is 0 Å². The van der Waals surface area contributed by atoms with Gasteiger partial charge in [-0.2, -0.15) is 0 Å². The van der Waals surface area contributed by atoms with Crippen molar-refractivity contribution in [2.75, 3.05) is 22.9 Å². The molecule has 0 aromatic heterocycles. The number of hydrogen-bond donors (Lipinski definition) is 2. The van der Waals surface area contributed by atoms with Crippen LogP contribution < -0.4 is 15.1 Å². The second-order valence-corrected chi connectivity index (χ2v) is 7.10. The summed E-state index contributed by atoms with van der Waals surface area (Å²) < 4.78 is 0. The van der Waals surface area contributed by atoms with Crippen LogP contribution in [0.2, 0.25) is 0 Å². The minimum atomic E-state index is -0.587. The number of aromatic hydroxyl groups is 1. The summed E-state index contributed by atoms with van der Waals surface area (Å²) in [4.78, 5) is 28.8. The molecule has 7 heteroatoms. The third-order valence-corrected chi connectivity index (χ3v) is 5.12. The maximum Gasteiger partial charge on any atom is 0.270 e. The molecule has 0 radical (unpaired) electrons. The number of aryl methyl sites for hydroxylation is 1. The monoisotopic (exact) mass is 409 g/mol. The quantitative estimate of drug-likeness (QED) is 0.450. The number of thiocarbonyl (C=S) groups is 1. The molecule has 1 saturated heterocycles. The predicted octanol–water partition coefficient (Wildman–Crippen LogP) is 3.38. The second kappa shape index (κ2) is 8.45. The lowest BCUT2D eigenvalue weighted by molar-refractivity contribution is -0.122. The summed E-state index contributed by atoms with van der Waals surface area (Å²) in [6, 6.07) is 12.4. The largest absolute Gasteiger partial charge is 0.507 e. The molecule has 29 heavy (non-hydrogen) atoms. The number of phenolic OH excluding ortho intramolecular Hbond substituents is 1. The Hall–Kier alpha value is -3.19. The summed E-state index contributed by atoms with van der Waals surface area (Å²) in [5, 5.41) is 13.0. The van der Waals surface area contributed by atoms with Gasteiger partial charge < -0.3 is 10.0 Å². The number of amides is 2. The lowest BCUT2D eigenvalue weighted by Gasteiger charge is -2.29. The zero-order valence-corrected chi connectivity index (χ0v) is 17.4. The molecule has 0 saturated carbocycles. The minimum absolute atomic E-state index is 0.00228. The Kier molecular flexibility index (Phi) is 5.98. The molecule has 3 rings (SSSR count). The Bertz CT molecular complexity index is 995. The molecular weight excluding hydrogens is 386 g/mol. The Morgan fingerprint density at radius 3 is 2.34 bits per heavy atom. The smallest absolute Gasteiger partial charge is 0.270 e. The zero-order chi connectivity index (χ0) is 21.1. The normalized spacial score (nSPS) is 15.6. The third-order valence-electron chi connectivity index (χ3n) is 4.84. The summed E-state index contributed by atoms with van der Waals surface area (Å²) in [6.07, 6.45) is 1.39. The van der Waals surface area contributed by atoms with Crippen molar-refractivity contribution < 1.29 is 14.7 Å². The Morgan fingerprint density at radius 2 is 1.76 bits per heavy atom. The number of phenols is 1. The van der Waals surface area contributed by atoms with Gasteiger partial charge in [0.05, 0.1) is 5.69 Å². The van der Waals surface area contributed by atoms with Crippen molar-refractivity contribution in [2.24, 2.45) is 0 Å². The Balaban J connectivity index is 1.97. The molecular formula is C22H23N3O3S. The van der Waals surface area contributed by atoms with E-state index in [4.69, 9.17) is 12.2 Å². The fourth-order valence-electron chi connectivity index (χ4n) is 3.18. The molecule has 2 aromatic carbocycles. The fourth-order valence-corrected chi connectivity index (χ4v) is 3.46. The Morgan fingerprint density at radius 1 is 1.10 bits per heavy atom. The van der Waals surface area contributed by atoms with Crippen LogP contribution in [-0.4, -0.2) is 35.1 Å². The average molecular weight is 410 g/mol. The summed E-state index contributed by atoms with van der Waals surface area (Å²) in [5.74, 6) is -1.12. The molecule has 1 aliphatic heterocycles. The van der Waals surface area contributed by atoms with E-state index in [2.05, 4.69) is 10.2 Å². The zero-order valence-electron chi connectivity index (χ0n) is 16.6. The maximum atomic E-state index is 13.0. The van der Waals surface area contributed by atoms with E-state index in [0.29, 0.717) is 11.3 Å². The molecule has 0 bridgehead atoms. The van der Waals surface area contributed by atoms with Gasteiger partial charge in [0.25, 0.3) is 11.8 Å². The third kappa shape index (κ3) is 4.14. The van der Waals surface area contributed by atoms with Crippen LogP contribution in [0.5, 0.6) is 5.75 Å². The summed E-state index contributed by atoms with van der Waals surface area (Å²) >= 11 is 5.20. The van der Waals surface area contributed by atoms with Gasteiger partial charge in [-0.1, -0.05) is 17.7 Å². The van der Waals surface area contributed by atoms with Gasteiger partial charge in [-0.15, -0.1) is 0 Å². The SMILES string of the molecule is CCN(CC)c1ccc(/C=C2\C(=O)NC(=S)N(c3ccc(C)cc3)C2=O)c(O)c1. The average Bonchev–Trinajstić information content (AvgIpc) is 2.69. The van der Waals surface area contributed by atoms with Crippen LogP contribution in [0.15, 0.2) is 48.0 Å². The number of carbonyl (C=O) groups excluding carboxylic acids is 2. The Labute approximate surface area is 175 Å². The van der Waals surface area contributed by atoms with Crippen LogP contribution in [0, 0.1) is 6.92 Å². The number of carbonyl (C=O) groups is 2. The maximum absolute atomic E-state index is 13.0. The number of nitrogens with one attached hydrogen (secondary N) is 1. The number of anilines is 2. The van der Waals surface area contributed by atoms with Crippen molar-refractivity contribution in [3.8, 4) is 5.75 Å². The topological polar surface area (TPSA) is 72.9 Å². The lowest BCUT2D eigenvalue weighted by Crippen LogP contribution is -2.54. The van der Waals surface area contributed by atoms with Gasteiger partial charge in [-0.05, 0) is 63.3 Å². The van der Waals surface area contributed by atoms with Gasteiger partial charge in [0.2, 0.25) is 0 Å². The number of rotatable bonds is 5. The van der Waals surface area contributed by atoms with Crippen LogP contribution in [0.4, 0.5) is 11.4 Å². The highest BCUT2D eigenvalue weighted by Gasteiger charge is 2.34. The van der Waals surface area contributed by atoms with E-state index >= 15 is 0 Å². The van der Waals surface area contributed by atoms with Crippen molar-refractivity contribution in [2.45, 2.75) is 20.8 Å². The highest BCUT2D eigenvalue weighted by Crippen LogP contribution is 2.28. The fraction of sp³-hybridized carbons (Fsp3) is 0.227. The molecule has 0 atom stereocenters. The molecule has 0 unspecified atom stereocenters. The summed E-state index contributed by atoms with van der Waals surface area (Å²) in [7, 11) is 0. The number of nitrogens with zero attached hydrogens (tertiary/aromatic N) is 2. The first kappa shape index (κ1) is 20.5. The highest BCUT2D eigenvalue weighted by molar-refractivity contribution is 7.80. The van der Waals surface area contributed by atoms with Crippen molar-refractivity contribution in [3.05, 3.63) is 59.2 Å². The van der Waals surface area contributed by atoms with Gasteiger partial charge in [0.1, 0.15) is 11.3 Å². The molecule has 2 N–H and O–H groups in total. The standard InChI is InChI=1S/C22H23N3O3S/c1-4-24(5-2)17-11-8-15(19(26)13-17)12-18-20(27)23-22(29)25(21(18)28)16-9-6-14(3)7-10-16/h6-13,26H,4-5H2,1-3H3,(H,23,27,29)/b18-12+. The van der Waals surface area contributed by atoms with E-state index in [1.165, 1.54) is 11.0 Å². The molecule has 2 amide bonds. The van der Waals surface area contributed by atoms with Crippen molar-refractivity contribution in [1.82, 2.24) is 5.32 Å². The van der Waals surface area contributed by atoms with Crippen LogP contribution in [0.25, 0.3) is 6.08 Å². The second-order valence-electron chi connectivity index (χ2n) is 6.71. The molecule has 1 fully saturated rings. The predicted molar refractivity (Wildman–Crippen MR) is 119 cm³/mol. The van der Waals surface area contributed by atoms with E-state index < -0.39 is 11.8 Å². The first-order valence-corrected chi connectivity index (χ1v) is 9.82. The van der Waals surface area contributed by atoms with E-state index in [9.17, 15) is 14.7 Å². The van der Waals surface area contributed by atoms with Crippen molar-refractivity contribution >= 4 is 46.6 Å². The highest BCUT2D eigenvalue weighted by atomic mass is 32.1. The van der Waals surface area contributed by atoms with Gasteiger partial charge >= 0.3 is 0 Å². The molecule has 6 nitrogen and oxygen atoms in total. The van der Waals surface area contributed by atoms with E-state index in [1.54, 1.807) is 24.3 Å².